The second-order valence-electron chi connectivity index (χ2n) is 5.61. The number of hydrogen-bond donors (Lipinski definition) is 2. The van der Waals surface area contributed by atoms with Crippen molar-refractivity contribution < 1.29 is 24.5 Å². The first-order valence-electron chi connectivity index (χ1n) is 7.77. The van der Waals surface area contributed by atoms with Crippen molar-refractivity contribution in [3.8, 4) is 17.4 Å². The number of carboxylic acids is 2. The Bertz CT molecular complexity index is 1120. The number of aromatic carboxylic acids is 2. The lowest BCUT2D eigenvalue weighted by Gasteiger charge is -2.13. The summed E-state index contributed by atoms with van der Waals surface area (Å²) >= 11 is 3.19. The van der Waals surface area contributed by atoms with Gasteiger partial charge in [0.1, 0.15) is 10.3 Å². The Kier molecular flexibility index (Phi) is 5.23. The highest BCUT2D eigenvalue weighted by Gasteiger charge is 2.16. The number of carboxylic acid groups (broad SMARTS) is 2. The standard InChI is InChI=1S/C18H12BrN3O6/c1-9-6-12(28-14-5-3-11(8-21-14)18(26)27)15(19)16(23)22(9)13-4-2-10(7-20-13)17(24)25/h2-8H,1H3,(H,24,25)(H,26,27). The van der Waals surface area contributed by atoms with E-state index < -0.39 is 17.5 Å². The Hall–Kier alpha value is -3.53. The molecule has 0 atom stereocenters. The fourth-order valence-electron chi connectivity index (χ4n) is 2.37. The third-order valence-electron chi connectivity index (χ3n) is 3.72. The summed E-state index contributed by atoms with van der Waals surface area (Å²) in [5.41, 5.74) is 0.0342. The predicted molar refractivity (Wildman–Crippen MR) is 101 cm³/mol. The van der Waals surface area contributed by atoms with Crippen molar-refractivity contribution in [2.75, 3.05) is 0 Å². The van der Waals surface area contributed by atoms with Crippen LogP contribution in [0.2, 0.25) is 0 Å². The van der Waals surface area contributed by atoms with Crippen LogP contribution in [0.3, 0.4) is 0 Å². The molecule has 0 spiro atoms. The Morgan fingerprint density at radius 3 is 2.14 bits per heavy atom. The van der Waals surface area contributed by atoms with E-state index in [1.165, 1.54) is 28.8 Å². The monoisotopic (exact) mass is 445 g/mol. The van der Waals surface area contributed by atoms with Crippen molar-refractivity contribution >= 4 is 27.9 Å². The number of halogens is 1. The molecule has 0 amide bonds. The minimum atomic E-state index is -1.12. The molecule has 28 heavy (non-hydrogen) atoms. The maximum atomic E-state index is 12.7. The molecule has 0 bridgehead atoms. The minimum Gasteiger partial charge on any atom is -0.478 e. The van der Waals surface area contributed by atoms with Crippen LogP contribution in [-0.2, 0) is 0 Å². The van der Waals surface area contributed by atoms with Gasteiger partial charge in [0.05, 0.1) is 11.1 Å². The van der Waals surface area contributed by atoms with Crippen LogP contribution in [0.5, 0.6) is 11.6 Å². The van der Waals surface area contributed by atoms with Crippen LogP contribution in [0.15, 0.2) is 52.0 Å². The molecule has 9 nitrogen and oxygen atoms in total. The zero-order chi connectivity index (χ0) is 20.4. The fourth-order valence-corrected chi connectivity index (χ4v) is 2.74. The van der Waals surface area contributed by atoms with Crippen LogP contribution in [0, 0.1) is 6.92 Å². The van der Waals surface area contributed by atoms with Gasteiger partial charge in [0.25, 0.3) is 5.56 Å². The van der Waals surface area contributed by atoms with Gasteiger partial charge in [-0.05, 0) is 41.1 Å². The van der Waals surface area contributed by atoms with Gasteiger partial charge in [0.2, 0.25) is 5.88 Å². The van der Waals surface area contributed by atoms with Gasteiger partial charge in [0.15, 0.2) is 5.75 Å². The molecule has 3 aromatic rings. The zero-order valence-corrected chi connectivity index (χ0v) is 15.9. The molecular formula is C18H12BrN3O6. The smallest absolute Gasteiger partial charge is 0.337 e. The molecule has 3 heterocycles. The maximum absolute atomic E-state index is 12.7. The molecule has 0 radical (unpaired) electrons. The van der Waals surface area contributed by atoms with Crippen LogP contribution in [-0.4, -0.2) is 36.7 Å². The van der Waals surface area contributed by atoms with Gasteiger partial charge < -0.3 is 14.9 Å². The Balaban J connectivity index is 1.97. The Labute approximate surface area is 166 Å². The SMILES string of the molecule is Cc1cc(Oc2ccc(C(=O)O)cn2)c(Br)c(=O)n1-c1ccc(C(=O)O)cn1. The fraction of sp³-hybridized carbons (Fsp3) is 0.0556. The summed E-state index contributed by atoms with van der Waals surface area (Å²) in [5, 5.41) is 17.9. The van der Waals surface area contributed by atoms with E-state index in [0.717, 1.165) is 12.4 Å². The molecule has 0 aliphatic heterocycles. The highest BCUT2D eigenvalue weighted by atomic mass is 79.9. The predicted octanol–water partition coefficient (Wildman–Crippen LogP) is 2.89. The third kappa shape index (κ3) is 3.76. The van der Waals surface area contributed by atoms with E-state index in [0.29, 0.717) is 5.69 Å². The minimum absolute atomic E-state index is 0.00403. The molecule has 0 aliphatic rings. The van der Waals surface area contributed by atoms with Crippen molar-refractivity contribution in [1.82, 2.24) is 14.5 Å². The van der Waals surface area contributed by atoms with E-state index in [1.807, 2.05) is 0 Å². The summed E-state index contributed by atoms with van der Waals surface area (Å²) in [5.74, 6) is -1.67. The van der Waals surface area contributed by atoms with Crippen molar-refractivity contribution in [3.63, 3.8) is 0 Å². The molecule has 3 aromatic heterocycles. The molecule has 0 saturated carbocycles. The summed E-state index contributed by atoms with van der Waals surface area (Å²) in [7, 11) is 0. The number of ether oxygens (including phenoxy) is 1. The van der Waals surface area contributed by atoms with E-state index >= 15 is 0 Å². The maximum Gasteiger partial charge on any atom is 0.337 e. The van der Waals surface area contributed by atoms with Gasteiger partial charge in [-0.15, -0.1) is 0 Å². The van der Waals surface area contributed by atoms with Gasteiger partial charge in [-0.2, -0.15) is 0 Å². The van der Waals surface area contributed by atoms with E-state index in [1.54, 1.807) is 13.0 Å². The largest absolute Gasteiger partial charge is 0.478 e. The summed E-state index contributed by atoms with van der Waals surface area (Å²) in [6.07, 6.45) is 2.31. The average Bonchev–Trinajstić information content (AvgIpc) is 2.67. The molecule has 2 N–H and O–H groups in total. The van der Waals surface area contributed by atoms with Crippen molar-refractivity contribution in [3.05, 3.63) is 74.4 Å². The number of pyridine rings is 3. The van der Waals surface area contributed by atoms with Gasteiger partial charge in [-0.3, -0.25) is 9.36 Å². The summed E-state index contributed by atoms with van der Waals surface area (Å²) in [4.78, 5) is 42.5. The number of hydrogen-bond acceptors (Lipinski definition) is 6. The molecule has 0 saturated heterocycles. The highest BCUT2D eigenvalue weighted by molar-refractivity contribution is 9.10. The number of nitrogens with zero attached hydrogens (tertiary/aromatic N) is 3. The lowest BCUT2D eigenvalue weighted by atomic mass is 10.2. The van der Waals surface area contributed by atoms with Crippen LogP contribution in [0.1, 0.15) is 26.4 Å². The van der Waals surface area contributed by atoms with Crippen LogP contribution in [0.25, 0.3) is 5.82 Å². The summed E-state index contributed by atoms with van der Waals surface area (Å²) in [6.45, 7) is 1.66. The van der Waals surface area contributed by atoms with Crippen molar-refractivity contribution in [2.45, 2.75) is 6.92 Å². The molecule has 0 unspecified atom stereocenters. The lowest BCUT2D eigenvalue weighted by Crippen LogP contribution is -2.22. The quantitative estimate of drug-likeness (QED) is 0.612. The van der Waals surface area contributed by atoms with E-state index in [2.05, 4.69) is 25.9 Å². The molecule has 0 aromatic carbocycles. The third-order valence-corrected chi connectivity index (χ3v) is 4.45. The Morgan fingerprint density at radius 1 is 1.04 bits per heavy atom. The van der Waals surface area contributed by atoms with Gasteiger partial charge in [0, 0.05) is 30.2 Å². The van der Waals surface area contributed by atoms with E-state index in [9.17, 15) is 14.4 Å². The van der Waals surface area contributed by atoms with Crippen molar-refractivity contribution in [2.24, 2.45) is 0 Å². The molecular weight excluding hydrogens is 434 g/mol. The van der Waals surface area contributed by atoms with Crippen LogP contribution >= 0.6 is 15.9 Å². The number of aryl methyl sites for hydroxylation is 1. The highest BCUT2D eigenvalue weighted by Crippen LogP contribution is 2.27. The van der Waals surface area contributed by atoms with E-state index in [-0.39, 0.29) is 33.0 Å². The average molecular weight is 446 g/mol. The van der Waals surface area contributed by atoms with Crippen LogP contribution < -0.4 is 10.3 Å². The number of aromatic nitrogens is 3. The molecule has 3 rings (SSSR count). The van der Waals surface area contributed by atoms with Gasteiger partial charge >= 0.3 is 11.9 Å². The van der Waals surface area contributed by atoms with Crippen molar-refractivity contribution in [1.29, 1.82) is 0 Å². The molecule has 142 valence electrons. The summed E-state index contributed by atoms with van der Waals surface area (Å²) in [6, 6.07) is 7.06. The van der Waals surface area contributed by atoms with Crippen LogP contribution in [0.4, 0.5) is 0 Å². The second kappa shape index (κ2) is 7.61. The Morgan fingerprint density at radius 2 is 1.64 bits per heavy atom. The molecule has 0 aliphatic carbocycles. The second-order valence-corrected chi connectivity index (χ2v) is 6.40. The summed E-state index contributed by atoms with van der Waals surface area (Å²) < 4.78 is 6.98. The van der Waals surface area contributed by atoms with Gasteiger partial charge in [-0.1, -0.05) is 0 Å². The van der Waals surface area contributed by atoms with Gasteiger partial charge in [-0.25, -0.2) is 19.6 Å². The normalized spacial score (nSPS) is 10.5. The molecule has 10 heteroatoms. The van der Waals surface area contributed by atoms with E-state index in [4.69, 9.17) is 14.9 Å². The number of carbonyl (C=O) groups is 2. The number of rotatable bonds is 5. The first kappa shape index (κ1) is 19.2. The lowest BCUT2D eigenvalue weighted by molar-refractivity contribution is 0.0685. The topological polar surface area (TPSA) is 132 Å². The molecule has 0 fully saturated rings. The first-order chi connectivity index (χ1) is 13.3. The first-order valence-corrected chi connectivity index (χ1v) is 8.56. The zero-order valence-electron chi connectivity index (χ0n) is 14.3.